The van der Waals surface area contributed by atoms with E-state index in [1.165, 1.54) is 11.1 Å². The van der Waals surface area contributed by atoms with Gasteiger partial charge in [0.15, 0.2) is 0 Å². The molecule has 0 radical (unpaired) electrons. The van der Waals surface area contributed by atoms with Crippen molar-refractivity contribution in [2.75, 3.05) is 13.2 Å². The highest BCUT2D eigenvalue weighted by Crippen LogP contribution is 2.31. The zero-order valence-electron chi connectivity index (χ0n) is 10.1. The molecule has 94 valence electrons. The van der Waals surface area contributed by atoms with Gasteiger partial charge in [-0.3, -0.25) is 11.3 Å². The molecule has 0 aromatic heterocycles. The van der Waals surface area contributed by atoms with Crippen molar-refractivity contribution in [3.63, 3.8) is 0 Å². The third-order valence-electron chi connectivity index (χ3n) is 3.42. The van der Waals surface area contributed by atoms with Crippen molar-refractivity contribution in [1.29, 1.82) is 0 Å². The molecule has 1 aromatic carbocycles. The second-order valence-corrected chi connectivity index (χ2v) is 5.06. The molecule has 0 bridgehead atoms. The predicted molar refractivity (Wildman–Crippen MR) is 69.8 cm³/mol. The number of halogens is 1. The summed E-state index contributed by atoms with van der Waals surface area (Å²) in [6.45, 7) is 3.71. The maximum Gasteiger partial charge on any atom is 0.0513 e. The molecule has 1 fully saturated rings. The fraction of sp³-hybridized carbons (Fsp3) is 0.538. The molecule has 1 aromatic rings. The molecule has 1 aliphatic heterocycles. The molecule has 2 rings (SSSR count). The molecule has 1 heterocycles. The molecule has 4 heteroatoms. The van der Waals surface area contributed by atoms with E-state index in [0.717, 1.165) is 31.1 Å². The van der Waals surface area contributed by atoms with Crippen LogP contribution >= 0.6 is 11.6 Å². The molecular formula is C13H19ClN2O. The van der Waals surface area contributed by atoms with E-state index in [1.807, 2.05) is 18.2 Å². The molecule has 3 nitrogen and oxygen atoms in total. The van der Waals surface area contributed by atoms with Crippen LogP contribution in [0.2, 0.25) is 5.02 Å². The van der Waals surface area contributed by atoms with E-state index in [4.69, 9.17) is 22.2 Å². The van der Waals surface area contributed by atoms with Gasteiger partial charge in [0, 0.05) is 17.5 Å². The highest BCUT2D eigenvalue weighted by Gasteiger charge is 2.25. The summed E-state index contributed by atoms with van der Waals surface area (Å²) < 4.78 is 5.53. The molecule has 0 saturated carbocycles. The summed E-state index contributed by atoms with van der Waals surface area (Å²) in [5.41, 5.74) is 5.30. The Balaban J connectivity index is 2.24. The molecule has 2 unspecified atom stereocenters. The van der Waals surface area contributed by atoms with E-state index in [1.54, 1.807) is 0 Å². The van der Waals surface area contributed by atoms with E-state index >= 15 is 0 Å². The van der Waals surface area contributed by atoms with Gasteiger partial charge in [-0.15, -0.1) is 0 Å². The van der Waals surface area contributed by atoms with Gasteiger partial charge in [0.05, 0.1) is 12.6 Å². The molecule has 0 aliphatic carbocycles. The van der Waals surface area contributed by atoms with Gasteiger partial charge in [-0.05, 0) is 43.0 Å². The van der Waals surface area contributed by atoms with Gasteiger partial charge >= 0.3 is 0 Å². The van der Waals surface area contributed by atoms with Gasteiger partial charge in [-0.1, -0.05) is 17.7 Å². The van der Waals surface area contributed by atoms with Crippen LogP contribution < -0.4 is 11.3 Å². The lowest BCUT2D eigenvalue weighted by molar-refractivity contribution is 0.0389. The van der Waals surface area contributed by atoms with Crippen LogP contribution in [0, 0.1) is 12.8 Å². The largest absolute Gasteiger partial charge is 0.381 e. The minimum absolute atomic E-state index is 0.119. The van der Waals surface area contributed by atoms with Gasteiger partial charge in [0.25, 0.3) is 0 Å². The minimum atomic E-state index is 0.119. The zero-order valence-corrected chi connectivity index (χ0v) is 10.8. The number of hydrazine groups is 1. The Morgan fingerprint density at radius 2 is 2.35 bits per heavy atom. The van der Waals surface area contributed by atoms with E-state index in [-0.39, 0.29) is 6.04 Å². The van der Waals surface area contributed by atoms with Gasteiger partial charge in [0.2, 0.25) is 0 Å². The van der Waals surface area contributed by atoms with Crippen molar-refractivity contribution < 1.29 is 4.74 Å². The summed E-state index contributed by atoms with van der Waals surface area (Å²) in [5, 5.41) is 0.752. The second kappa shape index (κ2) is 5.83. The molecule has 0 amide bonds. The summed E-state index contributed by atoms with van der Waals surface area (Å²) in [6, 6.07) is 6.06. The molecule has 1 saturated heterocycles. The highest BCUT2D eigenvalue weighted by molar-refractivity contribution is 6.30. The molecule has 0 spiro atoms. The maximum absolute atomic E-state index is 6.06. The number of hydrogen-bond acceptors (Lipinski definition) is 3. The third kappa shape index (κ3) is 2.99. The molecule has 2 atom stereocenters. The summed E-state index contributed by atoms with van der Waals surface area (Å²) in [4.78, 5) is 0. The van der Waals surface area contributed by atoms with Crippen LogP contribution in [0.4, 0.5) is 0 Å². The number of ether oxygens (including phenoxy) is 1. The van der Waals surface area contributed by atoms with Crippen LogP contribution in [0.3, 0.4) is 0 Å². The van der Waals surface area contributed by atoms with Crippen LogP contribution in [-0.4, -0.2) is 13.2 Å². The van der Waals surface area contributed by atoms with Gasteiger partial charge in [0.1, 0.15) is 0 Å². The first-order chi connectivity index (χ1) is 8.22. The number of nitrogens with one attached hydrogen (secondary N) is 1. The number of aryl methyl sites for hydroxylation is 1. The van der Waals surface area contributed by atoms with E-state index in [0.29, 0.717) is 5.92 Å². The quantitative estimate of drug-likeness (QED) is 0.644. The van der Waals surface area contributed by atoms with Crippen molar-refractivity contribution >= 4 is 11.6 Å². The standard InChI is InChI=1S/C13H19ClN2O/c1-9-4-5-11(14)7-12(9)13(16-15)10-3-2-6-17-8-10/h4-5,7,10,13,16H,2-3,6,8,15H2,1H3. The Morgan fingerprint density at radius 1 is 1.53 bits per heavy atom. The van der Waals surface area contributed by atoms with Crippen LogP contribution in [-0.2, 0) is 4.74 Å². The molecular weight excluding hydrogens is 236 g/mol. The number of benzene rings is 1. The Morgan fingerprint density at radius 3 is 3.00 bits per heavy atom. The Bertz CT molecular complexity index is 378. The molecule has 17 heavy (non-hydrogen) atoms. The summed E-state index contributed by atoms with van der Waals surface area (Å²) in [7, 11) is 0. The Kier molecular flexibility index (Phi) is 4.40. The van der Waals surface area contributed by atoms with Crippen LogP contribution in [0.15, 0.2) is 18.2 Å². The summed E-state index contributed by atoms with van der Waals surface area (Å²) in [6.07, 6.45) is 2.24. The summed E-state index contributed by atoms with van der Waals surface area (Å²) >= 11 is 6.06. The first-order valence-corrected chi connectivity index (χ1v) is 6.40. The lowest BCUT2D eigenvalue weighted by Crippen LogP contribution is -2.37. The van der Waals surface area contributed by atoms with Crippen molar-refractivity contribution in [1.82, 2.24) is 5.43 Å². The SMILES string of the molecule is Cc1ccc(Cl)cc1C(NN)C1CCCOC1. The zero-order chi connectivity index (χ0) is 12.3. The van der Waals surface area contributed by atoms with Crippen molar-refractivity contribution in [2.45, 2.75) is 25.8 Å². The van der Waals surface area contributed by atoms with Gasteiger partial charge in [-0.25, -0.2) is 0 Å². The normalized spacial score (nSPS) is 22.4. The highest BCUT2D eigenvalue weighted by atomic mass is 35.5. The lowest BCUT2D eigenvalue weighted by atomic mass is 9.87. The predicted octanol–water partition coefficient (Wildman–Crippen LogP) is 2.58. The van der Waals surface area contributed by atoms with Crippen molar-refractivity contribution in [3.05, 3.63) is 34.3 Å². The number of nitrogens with two attached hydrogens (primary N) is 1. The number of rotatable bonds is 3. The second-order valence-electron chi connectivity index (χ2n) is 4.62. The fourth-order valence-corrected chi connectivity index (χ4v) is 2.64. The Labute approximate surface area is 107 Å². The average Bonchev–Trinajstić information content (AvgIpc) is 2.36. The van der Waals surface area contributed by atoms with Gasteiger partial charge < -0.3 is 4.74 Å². The van der Waals surface area contributed by atoms with E-state index < -0.39 is 0 Å². The Hall–Kier alpha value is -0.610. The first kappa shape index (κ1) is 12.8. The van der Waals surface area contributed by atoms with Crippen molar-refractivity contribution in [2.24, 2.45) is 11.8 Å². The lowest BCUT2D eigenvalue weighted by Gasteiger charge is -2.31. The van der Waals surface area contributed by atoms with E-state index in [9.17, 15) is 0 Å². The monoisotopic (exact) mass is 254 g/mol. The van der Waals surface area contributed by atoms with Crippen molar-refractivity contribution in [3.8, 4) is 0 Å². The van der Waals surface area contributed by atoms with E-state index in [2.05, 4.69) is 12.3 Å². The smallest absolute Gasteiger partial charge is 0.0513 e. The van der Waals surface area contributed by atoms with Crippen LogP contribution in [0.5, 0.6) is 0 Å². The first-order valence-electron chi connectivity index (χ1n) is 6.02. The van der Waals surface area contributed by atoms with Gasteiger partial charge in [-0.2, -0.15) is 0 Å². The number of hydrogen-bond donors (Lipinski definition) is 2. The maximum atomic E-state index is 6.06. The molecule has 3 N–H and O–H groups in total. The summed E-state index contributed by atoms with van der Waals surface area (Å²) in [5.74, 6) is 6.13. The topological polar surface area (TPSA) is 47.3 Å². The third-order valence-corrected chi connectivity index (χ3v) is 3.66. The van der Waals surface area contributed by atoms with Crippen LogP contribution in [0.25, 0.3) is 0 Å². The average molecular weight is 255 g/mol. The van der Waals surface area contributed by atoms with Crippen LogP contribution in [0.1, 0.15) is 30.0 Å². The fourth-order valence-electron chi connectivity index (χ4n) is 2.45. The molecule has 1 aliphatic rings. The minimum Gasteiger partial charge on any atom is -0.381 e.